The molecule has 2 nitrogen and oxygen atoms in total. The van der Waals surface area contributed by atoms with Gasteiger partial charge in [0.15, 0.2) is 0 Å². The highest BCUT2D eigenvalue weighted by molar-refractivity contribution is 7.80. The first-order valence-electron chi connectivity index (χ1n) is 5.19. The van der Waals surface area contributed by atoms with Crippen LogP contribution in [-0.4, -0.2) is 18.2 Å². The fraction of sp³-hybridized carbons (Fsp3) is 0.417. The zero-order valence-corrected chi connectivity index (χ0v) is 9.63. The summed E-state index contributed by atoms with van der Waals surface area (Å²) in [6, 6.07) is 10.4. The second kappa shape index (κ2) is 7.37. The van der Waals surface area contributed by atoms with Crippen molar-refractivity contribution in [3.8, 4) is 0 Å². The quantitative estimate of drug-likeness (QED) is 0.569. The summed E-state index contributed by atoms with van der Waals surface area (Å²) in [6.45, 7) is 1.42. The molecule has 0 unspecified atom stereocenters. The van der Waals surface area contributed by atoms with Crippen LogP contribution in [-0.2, 0) is 11.2 Å². The fourth-order valence-corrected chi connectivity index (χ4v) is 1.38. The minimum atomic E-state index is 0.526. The van der Waals surface area contributed by atoms with Gasteiger partial charge in [-0.05, 0) is 18.4 Å². The van der Waals surface area contributed by atoms with Gasteiger partial charge in [0.1, 0.15) is 0 Å². The van der Waals surface area contributed by atoms with E-state index >= 15 is 0 Å². The van der Waals surface area contributed by atoms with Crippen LogP contribution in [0.1, 0.15) is 18.4 Å². The van der Waals surface area contributed by atoms with Gasteiger partial charge in [-0.3, -0.25) is 0 Å². The maximum atomic E-state index is 5.40. The van der Waals surface area contributed by atoms with E-state index in [0.29, 0.717) is 18.0 Å². The highest BCUT2D eigenvalue weighted by atomic mass is 32.1. The van der Waals surface area contributed by atoms with Crippen LogP contribution in [0.3, 0.4) is 0 Å². The summed E-state index contributed by atoms with van der Waals surface area (Å²) < 4.78 is 5.40. The largest absolute Gasteiger partial charge is 0.393 e. The van der Waals surface area contributed by atoms with Crippen LogP contribution in [0.25, 0.3) is 0 Å². The van der Waals surface area contributed by atoms with E-state index in [0.717, 1.165) is 19.4 Å². The predicted molar refractivity (Wildman–Crippen MR) is 67.0 cm³/mol. The van der Waals surface area contributed by atoms with Crippen LogP contribution in [0.4, 0.5) is 0 Å². The van der Waals surface area contributed by atoms with Gasteiger partial charge < -0.3 is 10.5 Å². The third-order valence-corrected chi connectivity index (χ3v) is 2.29. The van der Waals surface area contributed by atoms with Crippen LogP contribution in [0, 0.1) is 0 Å². The molecule has 0 amide bonds. The Morgan fingerprint density at radius 1 is 1.20 bits per heavy atom. The monoisotopic (exact) mass is 223 g/mol. The fourth-order valence-electron chi connectivity index (χ4n) is 1.30. The molecule has 0 saturated heterocycles. The Balaban J connectivity index is 2.00. The minimum absolute atomic E-state index is 0.526. The summed E-state index contributed by atoms with van der Waals surface area (Å²) in [5.74, 6) is 0. The molecule has 15 heavy (non-hydrogen) atoms. The minimum Gasteiger partial charge on any atom is -0.393 e. The molecule has 3 heteroatoms. The number of benzene rings is 1. The van der Waals surface area contributed by atoms with Crippen molar-refractivity contribution in [2.45, 2.75) is 19.3 Å². The third kappa shape index (κ3) is 6.20. The van der Waals surface area contributed by atoms with Crippen LogP contribution >= 0.6 is 12.2 Å². The summed E-state index contributed by atoms with van der Waals surface area (Å²) in [4.78, 5) is 0.526. The topological polar surface area (TPSA) is 35.2 Å². The maximum Gasteiger partial charge on any atom is 0.0750 e. The second-order valence-electron chi connectivity index (χ2n) is 3.42. The molecule has 0 fully saturated rings. The molecule has 0 saturated carbocycles. The number of thiocarbonyl (C=S) groups is 1. The molecule has 0 heterocycles. The molecule has 0 aliphatic heterocycles. The van der Waals surface area contributed by atoms with Gasteiger partial charge in [-0.25, -0.2) is 0 Å². The van der Waals surface area contributed by atoms with Crippen LogP contribution in [0.5, 0.6) is 0 Å². The first-order chi connectivity index (χ1) is 7.29. The lowest BCUT2D eigenvalue weighted by atomic mass is 10.1. The maximum absolute atomic E-state index is 5.40. The Morgan fingerprint density at radius 3 is 2.60 bits per heavy atom. The first kappa shape index (κ1) is 12.1. The second-order valence-corrected chi connectivity index (χ2v) is 3.94. The van der Waals surface area contributed by atoms with Gasteiger partial charge in [0.25, 0.3) is 0 Å². The van der Waals surface area contributed by atoms with Crippen molar-refractivity contribution in [1.82, 2.24) is 0 Å². The van der Waals surface area contributed by atoms with E-state index in [1.165, 1.54) is 5.56 Å². The first-order valence-corrected chi connectivity index (χ1v) is 5.60. The zero-order chi connectivity index (χ0) is 10.9. The Labute approximate surface area is 96.4 Å². The Kier molecular flexibility index (Phi) is 5.97. The summed E-state index contributed by atoms with van der Waals surface area (Å²) in [5, 5.41) is 0. The highest BCUT2D eigenvalue weighted by Crippen LogP contribution is 2.02. The molecule has 1 aromatic carbocycles. The summed E-state index contributed by atoms with van der Waals surface area (Å²) in [5.41, 5.74) is 6.71. The standard InChI is InChI=1S/C12H17NOS/c13-12(15)8-10-14-9-4-7-11-5-2-1-3-6-11/h1-3,5-6H,4,7-10H2,(H2,13,15). The smallest absolute Gasteiger partial charge is 0.0750 e. The highest BCUT2D eigenvalue weighted by Gasteiger charge is 1.93. The van der Waals surface area contributed by atoms with E-state index in [1.54, 1.807) is 0 Å². The third-order valence-electron chi connectivity index (χ3n) is 2.09. The van der Waals surface area contributed by atoms with E-state index in [4.69, 9.17) is 22.7 Å². The van der Waals surface area contributed by atoms with E-state index in [1.807, 2.05) is 6.07 Å². The number of nitrogens with two attached hydrogens (primary N) is 1. The van der Waals surface area contributed by atoms with Gasteiger partial charge >= 0.3 is 0 Å². The molecule has 2 N–H and O–H groups in total. The molecule has 82 valence electrons. The lowest BCUT2D eigenvalue weighted by Crippen LogP contribution is -2.11. The predicted octanol–water partition coefficient (Wildman–Crippen LogP) is 2.31. The van der Waals surface area contributed by atoms with E-state index in [2.05, 4.69) is 24.3 Å². The van der Waals surface area contributed by atoms with Gasteiger partial charge in [0, 0.05) is 13.0 Å². The Bertz CT molecular complexity index is 287. The summed E-state index contributed by atoms with van der Waals surface area (Å²) in [7, 11) is 0. The molecule has 0 spiro atoms. The van der Waals surface area contributed by atoms with Gasteiger partial charge in [0.05, 0.1) is 11.6 Å². The van der Waals surface area contributed by atoms with E-state index in [-0.39, 0.29) is 0 Å². The SMILES string of the molecule is NC(=S)CCOCCCc1ccccc1. The molecule has 0 atom stereocenters. The Hall–Kier alpha value is -0.930. The molecule has 0 bridgehead atoms. The van der Waals surface area contributed by atoms with Crippen molar-refractivity contribution in [2.75, 3.05) is 13.2 Å². The summed E-state index contributed by atoms with van der Waals surface area (Å²) >= 11 is 4.75. The number of hydrogen-bond acceptors (Lipinski definition) is 2. The lowest BCUT2D eigenvalue weighted by molar-refractivity contribution is 0.139. The van der Waals surface area contributed by atoms with Crippen molar-refractivity contribution < 1.29 is 4.74 Å². The van der Waals surface area contributed by atoms with Crippen molar-refractivity contribution in [3.05, 3.63) is 35.9 Å². The normalized spacial score (nSPS) is 10.1. The number of rotatable bonds is 7. The average molecular weight is 223 g/mol. The van der Waals surface area contributed by atoms with Gasteiger partial charge in [-0.1, -0.05) is 42.5 Å². The number of hydrogen-bond donors (Lipinski definition) is 1. The van der Waals surface area contributed by atoms with Crippen LogP contribution < -0.4 is 5.73 Å². The Morgan fingerprint density at radius 2 is 1.93 bits per heavy atom. The van der Waals surface area contributed by atoms with Crippen molar-refractivity contribution in [2.24, 2.45) is 5.73 Å². The molecular weight excluding hydrogens is 206 g/mol. The van der Waals surface area contributed by atoms with Crippen LogP contribution in [0.15, 0.2) is 30.3 Å². The van der Waals surface area contributed by atoms with E-state index < -0.39 is 0 Å². The molecule has 0 aliphatic rings. The van der Waals surface area contributed by atoms with Gasteiger partial charge in [0.2, 0.25) is 0 Å². The van der Waals surface area contributed by atoms with E-state index in [9.17, 15) is 0 Å². The van der Waals surface area contributed by atoms with Crippen molar-refractivity contribution in [1.29, 1.82) is 0 Å². The number of ether oxygens (including phenoxy) is 1. The van der Waals surface area contributed by atoms with Crippen molar-refractivity contribution >= 4 is 17.2 Å². The summed E-state index contributed by atoms with van der Waals surface area (Å²) in [6.07, 6.45) is 2.79. The lowest BCUT2D eigenvalue weighted by Gasteiger charge is -2.03. The van der Waals surface area contributed by atoms with Gasteiger partial charge in [-0.2, -0.15) is 0 Å². The molecular formula is C12H17NOS. The average Bonchev–Trinajstić information content (AvgIpc) is 2.24. The molecule has 0 aromatic heterocycles. The molecule has 0 aliphatic carbocycles. The van der Waals surface area contributed by atoms with Crippen molar-refractivity contribution in [3.63, 3.8) is 0 Å². The van der Waals surface area contributed by atoms with Crippen LogP contribution in [0.2, 0.25) is 0 Å². The van der Waals surface area contributed by atoms with Gasteiger partial charge in [-0.15, -0.1) is 0 Å². The zero-order valence-electron chi connectivity index (χ0n) is 8.82. The molecule has 1 rings (SSSR count). The number of aryl methyl sites for hydroxylation is 1. The molecule has 0 radical (unpaired) electrons. The molecule has 1 aromatic rings.